The smallest absolute Gasteiger partial charge is 0.251 e. The van der Waals surface area contributed by atoms with Gasteiger partial charge in [0.25, 0.3) is 5.91 Å². The van der Waals surface area contributed by atoms with Crippen molar-refractivity contribution in [3.8, 4) is 17.2 Å². The first kappa shape index (κ1) is 22.1. The zero-order valence-corrected chi connectivity index (χ0v) is 17.3. The summed E-state index contributed by atoms with van der Waals surface area (Å²) in [7, 11) is 4.48. The van der Waals surface area contributed by atoms with Crippen molar-refractivity contribution in [1.29, 1.82) is 0 Å². The van der Waals surface area contributed by atoms with Crippen LogP contribution in [0.3, 0.4) is 0 Å². The van der Waals surface area contributed by atoms with Crippen molar-refractivity contribution in [2.45, 2.75) is 19.8 Å². The average Bonchev–Trinajstić information content (AvgIpc) is 2.74. The van der Waals surface area contributed by atoms with E-state index < -0.39 is 0 Å². The van der Waals surface area contributed by atoms with E-state index in [-0.39, 0.29) is 11.8 Å². The van der Waals surface area contributed by atoms with Crippen LogP contribution in [0.15, 0.2) is 36.4 Å². The molecule has 2 amide bonds. The number of carbonyl (C=O) groups is 2. The summed E-state index contributed by atoms with van der Waals surface area (Å²) < 4.78 is 15.8. The zero-order chi connectivity index (χ0) is 21.2. The molecule has 0 spiro atoms. The molecular formula is C22H28N2O5. The van der Waals surface area contributed by atoms with E-state index >= 15 is 0 Å². The summed E-state index contributed by atoms with van der Waals surface area (Å²) in [6, 6.07) is 11.3. The topological polar surface area (TPSA) is 85.9 Å². The number of methoxy groups -OCH3 is 3. The molecule has 29 heavy (non-hydrogen) atoms. The summed E-state index contributed by atoms with van der Waals surface area (Å²) in [4.78, 5) is 24.4. The number of rotatable bonds is 10. The van der Waals surface area contributed by atoms with E-state index in [0.29, 0.717) is 48.7 Å². The standard InChI is InChI=1S/C22H28N2O5/c1-15-5-7-16(8-6-15)9-10-20(25)23-11-12-24-22(26)17-13-18(27-2)21(29-4)19(14-17)28-3/h5-8,13-14H,9-12H2,1-4H3,(H,23,25)(H,24,26). The van der Waals surface area contributed by atoms with Gasteiger partial charge in [-0.25, -0.2) is 0 Å². The van der Waals surface area contributed by atoms with Gasteiger partial charge in [-0.3, -0.25) is 9.59 Å². The Bertz CT molecular complexity index is 809. The van der Waals surface area contributed by atoms with Crippen LogP contribution in [-0.4, -0.2) is 46.2 Å². The van der Waals surface area contributed by atoms with Gasteiger partial charge in [0.05, 0.1) is 21.3 Å². The van der Waals surface area contributed by atoms with E-state index in [1.807, 2.05) is 31.2 Å². The Morgan fingerprint density at radius 3 is 2.00 bits per heavy atom. The van der Waals surface area contributed by atoms with Gasteiger partial charge in [0.15, 0.2) is 11.5 Å². The van der Waals surface area contributed by atoms with Crippen molar-refractivity contribution >= 4 is 11.8 Å². The predicted molar refractivity (Wildman–Crippen MR) is 111 cm³/mol. The number of ether oxygens (including phenoxy) is 3. The molecule has 2 aromatic rings. The monoisotopic (exact) mass is 400 g/mol. The number of hydrogen-bond acceptors (Lipinski definition) is 5. The van der Waals surface area contributed by atoms with Crippen molar-refractivity contribution in [3.05, 3.63) is 53.1 Å². The van der Waals surface area contributed by atoms with Crippen molar-refractivity contribution in [2.24, 2.45) is 0 Å². The van der Waals surface area contributed by atoms with Crippen LogP contribution in [0, 0.1) is 6.92 Å². The van der Waals surface area contributed by atoms with Crippen LogP contribution >= 0.6 is 0 Å². The summed E-state index contributed by atoms with van der Waals surface area (Å²) >= 11 is 0. The highest BCUT2D eigenvalue weighted by molar-refractivity contribution is 5.95. The molecule has 7 nitrogen and oxygen atoms in total. The minimum absolute atomic E-state index is 0.0485. The molecule has 0 bridgehead atoms. The van der Waals surface area contributed by atoms with Crippen LogP contribution in [0.5, 0.6) is 17.2 Å². The van der Waals surface area contributed by atoms with Crippen molar-refractivity contribution < 1.29 is 23.8 Å². The highest BCUT2D eigenvalue weighted by Crippen LogP contribution is 2.38. The maximum absolute atomic E-state index is 12.4. The molecule has 0 heterocycles. The zero-order valence-electron chi connectivity index (χ0n) is 17.3. The van der Waals surface area contributed by atoms with E-state index in [1.165, 1.54) is 26.9 Å². The van der Waals surface area contributed by atoms with Crippen molar-refractivity contribution in [2.75, 3.05) is 34.4 Å². The van der Waals surface area contributed by atoms with Gasteiger partial charge in [-0.05, 0) is 31.0 Å². The molecule has 0 saturated carbocycles. The lowest BCUT2D eigenvalue weighted by Crippen LogP contribution is -2.34. The first-order valence-electron chi connectivity index (χ1n) is 9.39. The second-order valence-corrected chi connectivity index (χ2v) is 6.51. The lowest BCUT2D eigenvalue weighted by Gasteiger charge is -2.14. The summed E-state index contributed by atoms with van der Waals surface area (Å²) in [5.74, 6) is 0.890. The van der Waals surface area contributed by atoms with Gasteiger partial charge in [0.2, 0.25) is 11.7 Å². The molecule has 0 aliphatic heterocycles. The first-order valence-corrected chi connectivity index (χ1v) is 9.39. The minimum atomic E-state index is -0.293. The van der Waals surface area contributed by atoms with Crippen LogP contribution < -0.4 is 24.8 Å². The van der Waals surface area contributed by atoms with Gasteiger partial charge in [-0.2, -0.15) is 0 Å². The SMILES string of the molecule is COc1cc(C(=O)NCCNC(=O)CCc2ccc(C)cc2)cc(OC)c1OC. The normalized spacial score (nSPS) is 10.2. The molecule has 0 unspecified atom stereocenters. The Kier molecular flexibility index (Phi) is 8.33. The molecule has 0 radical (unpaired) electrons. The summed E-state index contributed by atoms with van der Waals surface area (Å²) in [6.07, 6.45) is 1.09. The number of amides is 2. The lowest BCUT2D eigenvalue weighted by molar-refractivity contribution is -0.121. The second-order valence-electron chi connectivity index (χ2n) is 6.51. The second kappa shape index (κ2) is 10.9. The Balaban J connectivity index is 1.79. The highest BCUT2D eigenvalue weighted by atomic mass is 16.5. The molecular weight excluding hydrogens is 372 g/mol. The highest BCUT2D eigenvalue weighted by Gasteiger charge is 2.16. The molecule has 156 valence electrons. The molecule has 0 atom stereocenters. The Hall–Kier alpha value is -3.22. The van der Waals surface area contributed by atoms with Crippen LogP contribution in [0.25, 0.3) is 0 Å². The van der Waals surface area contributed by atoms with E-state index in [2.05, 4.69) is 10.6 Å². The molecule has 2 N–H and O–H groups in total. The fourth-order valence-corrected chi connectivity index (χ4v) is 2.79. The van der Waals surface area contributed by atoms with Crippen LogP contribution in [0.4, 0.5) is 0 Å². The third kappa shape index (κ3) is 6.41. The molecule has 0 fully saturated rings. The molecule has 0 aliphatic rings. The number of carbonyl (C=O) groups excluding carboxylic acids is 2. The third-order valence-corrected chi connectivity index (χ3v) is 4.42. The maximum Gasteiger partial charge on any atom is 0.251 e. The largest absolute Gasteiger partial charge is 0.493 e. The fraction of sp³-hybridized carbons (Fsp3) is 0.364. The van der Waals surface area contributed by atoms with Gasteiger partial charge in [0, 0.05) is 25.1 Å². The van der Waals surface area contributed by atoms with Gasteiger partial charge >= 0.3 is 0 Å². The predicted octanol–water partition coefficient (Wildman–Crippen LogP) is 2.50. The lowest BCUT2D eigenvalue weighted by atomic mass is 10.1. The van der Waals surface area contributed by atoms with E-state index in [4.69, 9.17) is 14.2 Å². The third-order valence-electron chi connectivity index (χ3n) is 4.42. The summed E-state index contributed by atoms with van der Waals surface area (Å²) in [6.45, 7) is 2.69. The fourth-order valence-electron chi connectivity index (χ4n) is 2.79. The molecule has 2 rings (SSSR count). The maximum atomic E-state index is 12.4. The van der Waals surface area contributed by atoms with Crippen molar-refractivity contribution in [3.63, 3.8) is 0 Å². The van der Waals surface area contributed by atoms with Gasteiger partial charge in [0.1, 0.15) is 0 Å². The molecule has 0 saturated heterocycles. The average molecular weight is 400 g/mol. The van der Waals surface area contributed by atoms with Crippen molar-refractivity contribution in [1.82, 2.24) is 10.6 Å². The number of aryl methyl sites for hydroxylation is 2. The van der Waals surface area contributed by atoms with Gasteiger partial charge < -0.3 is 24.8 Å². The minimum Gasteiger partial charge on any atom is -0.493 e. The first-order chi connectivity index (χ1) is 14.0. The van der Waals surface area contributed by atoms with E-state index in [1.54, 1.807) is 12.1 Å². The summed E-state index contributed by atoms with van der Waals surface area (Å²) in [5.41, 5.74) is 2.70. The molecule has 2 aromatic carbocycles. The molecule has 0 aromatic heterocycles. The molecule has 0 aliphatic carbocycles. The van der Waals surface area contributed by atoms with Crippen LogP contribution in [0.2, 0.25) is 0 Å². The number of nitrogens with one attached hydrogen (secondary N) is 2. The van der Waals surface area contributed by atoms with Crippen LogP contribution in [-0.2, 0) is 11.2 Å². The van der Waals surface area contributed by atoms with E-state index in [0.717, 1.165) is 5.56 Å². The molecule has 7 heteroatoms. The number of benzene rings is 2. The Morgan fingerprint density at radius 1 is 0.862 bits per heavy atom. The summed E-state index contributed by atoms with van der Waals surface area (Å²) in [5, 5.41) is 5.58. The quantitative estimate of drug-likeness (QED) is 0.599. The Labute approximate surface area is 171 Å². The van der Waals surface area contributed by atoms with Gasteiger partial charge in [-0.1, -0.05) is 29.8 Å². The van der Waals surface area contributed by atoms with Gasteiger partial charge in [-0.15, -0.1) is 0 Å². The Morgan fingerprint density at radius 2 is 1.45 bits per heavy atom. The van der Waals surface area contributed by atoms with E-state index in [9.17, 15) is 9.59 Å². The number of hydrogen-bond donors (Lipinski definition) is 2. The van der Waals surface area contributed by atoms with Crippen LogP contribution in [0.1, 0.15) is 27.9 Å².